The van der Waals surface area contributed by atoms with Crippen molar-refractivity contribution in [2.24, 2.45) is 11.8 Å². The first-order chi connectivity index (χ1) is 13.3. The minimum atomic E-state index is -0.508. The van der Waals surface area contributed by atoms with Crippen molar-refractivity contribution in [3.8, 4) is 11.8 Å². The Morgan fingerprint density at radius 3 is 2.50 bits per heavy atom. The van der Waals surface area contributed by atoms with E-state index >= 15 is 0 Å². The van der Waals surface area contributed by atoms with Gasteiger partial charge in [0.05, 0.1) is 23.2 Å². The molecule has 0 radical (unpaired) electrons. The van der Waals surface area contributed by atoms with E-state index in [0.717, 1.165) is 25.7 Å². The Balaban J connectivity index is 2.03. The van der Waals surface area contributed by atoms with Gasteiger partial charge in [0.25, 0.3) is 5.91 Å². The van der Waals surface area contributed by atoms with Crippen molar-refractivity contribution >= 4 is 23.3 Å². The van der Waals surface area contributed by atoms with Crippen LogP contribution in [0.3, 0.4) is 0 Å². The molecule has 1 N–H and O–H groups in total. The van der Waals surface area contributed by atoms with Crippen molar-refractivity contribution in [3.63, 3.8) is 0 Å². The minimum absolute atomic E-state index is 0.0140. The van der Waals surface area contributed by atoms with E-state index in [-0.39, 0.29) is 23.7 Å². The Kier molecular flexibility index (Phi) is 8.32. The number of carbonyl (C=O) groups excluding carboxylic acids is 2. The lowest BCUT2D eigenvalue weighted by atomic mass is 9.79. The highest BCUT2D eigenvalue weighted by atomic mass is 35.5. The summed E-state index contributed by atoms with van der Waals surface area (Å²) in [5, 5.41) is 12.3. The first kappa shape index (κ1) is 22.2. The molecule has 0 spiro atoms. The number of ketones is 1. The first-order valence-electron chi connectivity index (χ1n) is 10.0. The van der Waals surface area contributed by atoms with Gasteiger partial charge in [0.2, 0.25) is 0 Å². The molecule has 0 bridgehead atoms. The van der Waals surface area contributed by atoms with Gasteiger partial charge in [-0.3, -0.25) is 9.59 Å². The summed E-state index contributed by atoms with van der Waals surface area (Å²) in [4.78, 5) is 25.1. The smallest absolute Gasteiger partial charge is 0.251 e. The molecule has 0 aromatic heterocycles. The average Bonchev–Trinajstić information content (AvgIpc) is 2.68. The number of nitriles is 1. The quantitative estimate of drug-likeness (QED) is 0.666. The Morgan fingerprint density at radius 2 is 1.96 bits per heavy atom. The van der Waals surface area contributed by atoms with Crippen LogP contribution in [0.1, 0.15) is 69.7 Å². The van der Waals surface area contributed by atoms with Crippen molar-refractivity contribution in [3.05, 3.63) is 28.8 Å². The first-order valence-corrected chi connectivity index (χ1v) is 10.4. The summed E-state index contributed by atoms with van der Waals surface area (Å²) in [6, 6.07) is 6.72. The van der Waals surface area contributed by atoms with Crippen molar-refractivity contribution in [2.45, 2.75) is 71.4 Å². The molecule has 1 fully saturated rings. The summed E-state index contributed by atoms with van der Waals surface area (Å²) in [5.74, 6) is 0.733. The largest absolute Gasteiger partial charge is 0.489 e. The molecule has 1 aromatic rings. The number of hydrogen-bond acceptors (Lipinski definition) is 4. The van der Waals surface area contributed by atoms with Crippen LogP contribution in [0, 0.1) is 23.2 Å². The topological polar surface area (TPSA) is 79.2 Å². The Hall–Kier alpha value is -2.06. The summed E-state index contributed by atoms with van der Waals surface area (Å²) in [7, 11) is 0. The zero-order valence-corrected chi connectivity index (χ0v) is 17.6. The number of rotatable bonds is 8. The van der Waals surface area contributed by atoms with E-state index in [1.165, 1.54) is 0 Å². The summed E-state index contributed by atoms with van der Waals surface area (Å²) in [6.45, 7) is 5.62. The number of halogens is 1. The molecule has 1 aliphatic rings. The fourth-order valence-corrected chi connectivity index (χ4v) is 3.84. The second-order valence-corrected chi connectivity index (χ2v) is 8.15. The number of benzene rings is 1. The van der Waals surface area contributed by atoms with Crippen molar-refractivity contribution in [1.29, 1.82) is 5.26 Å². The lowest BCUT2D eigenvalue weighted by Crippen LogP contribution is -2.42. The van der Waals surface area contributed by atoms with Gasteiger partial charge in [-0.1, -0.05) is 18.5 Å². The molecular formula is C22H29ClN2O3. The molecule has 1 aromatic carbocycles. The number of carbonyl (C=O) groups is 2. The standard InChI is InChI=1S/C22H29ClN2O3/c1-4-20(26)19(11-15-5-7-16(13-24)8-6-15)25-22(27)17-9-10-21(18(23)12-17)28-14(2)3/h9-10,12,14-16,19H,4-8,11H2,1-3H3,(H,25,27). The maximum Gasteiger partial charge on any atom is 0.251 e. The maximum absolute atomic E-state index is 12.7. The third kappa shape index (κ3) is 6.24. The number of Topliss-reactive ketones (excluding diaryl/α,β-unsaturated/α-hetero) is 1. The predicted molar refractivity (Wildman–Crippen MR) is 109 cm³/mol. The molecule has 1 atom stereocenters. The zero-order chi connectivity index (χ0) is 20.7. The van der Waals surface area contributed by atoms with Gasteiger partial charge in [0, 0.05) is 17.9 Å². The molecule has 0 saturated heterocycles. The normalized spacial score (nSPS) is 20.3. The van der Waals surface area contributed by atoms with Crippen LogP contribution < -0.4 is 10.1 Å². The number of nitrogens with one attached hydrogen (secondary N) is 1. The molecule has 1 aliphatic carbocycles. The average molecular weight is 405 g/mol. The zero-order valence-electron chi connectivity index (χ0n) is 16.8. The highest BCUT2D eigenvalue weighted by Crippen LogP contribution is 2.31. The fourth-order valence-electron chi connectivity index (χ4n) is 3.61. The van der Waals surface area contributed by atoms with E-state index in [4.69, 9.17) is 21.6 Å². The third-order valence-corrected chi connectivity index (χ3v) is 5.49. The Morgan fingerprint density at radius 1 is 1.29 bits per heavy atom. The highest BCUT2D eigenvalue weighted by molar-refractivity contribution is 6.32. The lowest BCUT2D eigenvalue weighted by molar-refractivity contribution is -0.121. The summed E-state index contributed by atoms with van der Waals surface area (Å²) >= 11 is 6.23. The summed E-state index contributed by atoms with van der Waals surface area (Å²) < 4.78 is 5.59. The summed E-state index contributed by atoms with van der Waals surface area (Å²) in [6.07, 6.45) is 4.58. The van der Waals surface area contributed by atoms with E-state index in [9.17, 15) is 9.59 Å². The molecule has 6 heteroatoms. The fraction of sp³-hybridized carbons (Fsp3) is 0.591. The van der Waals surface area contributed by atoms with Crippen LogP contribution in [-0.4, -0.2) is 23.8 Å². The van der Waals surface area contributed by atoms with Gasteiger partial charge in [0.1, 0.15) is 5.75 Å². The van der Waals surface area contributed by atoms with Crippen molar-refractivity contribution in [1.82, 2.24) is 5.32 Å². The Bertz CT molecular complexity index is 734. The van der Waals surface area contributed by atoms with Crippen LogP contribution in [0.5, 0.6) is 5.75 Å². The third-order valence-electron chi connectivity index (χ3n) is 5.20. The monoisotopic (exact) mass is 404 g/mol. The van der Waals surface area contributed by atoms with Gasteiger partial charge in [-0.05, 0) is 70.1 Å². The van der Waals surface area contributed by atoms with E-state index in [1.54, 1.807) is 18.2 Å². The second kappa shape index (κ2) is 10.5. The highest BCUT2D eigenvalue weighted by Gasteiger charge is 2.27. The van der Waals surface area contributed by atoms with E-state index in [2.05, 4.69) is 11.4 Å². The number of nitrogens with zero attached hydrogens (tertiary/aromatic N) is 1. The van der Waals surface area contributed by atoms with Crippen LogP contribution in [-0.2, 0) is 4.79 Å². The molecular weight excluding hydrogens is 376 g/mol. The number of hydrogen-bond donors (Lipinski definition) is 1. The van der Waals surface area contributed by atoms with E-state index in [1.807, 2.05) is 20.8 Å². The van der Waals surface area contributed by atoms with Gasteiger partial charge in [-0.25, -0.2) is 0 Å². The van der Waals surface area contributed by atoms with Crippen molar-refractivity contribution in [2.75, 3.05) is 0 Å². The molecule has 1 unspecified atom stereocenters. The summed E-state index contributed by atoms with van der Waals surface area (Å²) in [5.41, 5.74) is 0.406. The van der Waals surface area contributed by atoms with Crippen LogP contribution in [0.4, 0.5) is 0 Å². The van der Waals surface area contributed by atoms with Gasteiger partial charge >= 0.3 is 0 Å². The molecule has 152 valence electrons. The molecule has 1 amide bonds. The maximum atomic E-state index is 12.7. The van der Waals surface area contributed by atoms with E-state index < -0.39 is 6.04 Å². The van der Waals surface area contributed by atoms with Crippen LogP contribution in [0.2, 0.25) is 5.02 Å². The molecule has 5 nitrogen and oxygen atoms in total. The van der Waals surface area contributed by atoms with Gasteiger partial charge in [-0.2, -0.15) is 5.26 Å². The second-order valence-electron chi connectivity index (χ2n) is 7.74. The molecule has 0 heterocycles. The van der Waals surface area contributed by atoms with Gasteiger partial charge < -0.3 is 10.1 Å². The minimum Gasteiger partial charge on any atom is -0.489 e. The molecule has 2 rings (SSSR count). The van der Waals surface area contributed by atoms with E-state index in [0.29, 0.717) is 35.1 Å². The van der Waals surface area contributed by atoms with Crippen LogP contribution >= 0.6 is 11.6 Å². The number of amides is 1. The molecule has 1 saturated carbocycles. The molecule has 28 heavy (non-hydrogen) atoms. The van der Waals surface area contributed by atoms with Gasteiger partial charge in [-0.15, -0.1) is 0 Å². The molecule has 0 aliphatic heterocycles. The predicted octanol–water partition coefficient (Wildman–Crippen LogP) is 4.92. The lowest BCUT2D eigenvalue weighted by Gasteiger charge is -2.28. The van der Waals surface area contributed by atoms with Crippen LogP contribution in [0.25, 0.3) is 0 Å². The van der Waals surface area contributed by atoms with Gasteiger partial charge in [0.15, 0.2) is 5.78 Å². The SMILES string of the molecule is CCC(=O)C(CC1CCC(C#N)CC1)NC(=O)c1ccc(OC(C)C)c(Cl)c1. The Labute approximate surface area is 172 Å². The van der Waals surface area contributed by atoms with Crippen LogP contribution in [0.15, 0.2) is 18.2 Å². The van der Waals surface area contributed by atoms with Crippen molar-refractivity contribution < 1.29 is 14.3 Å². The number of ether oxygens (including phenoxy) is 1.